The lowest BCUT2D eigenvalue weighted by molar-refractivity contribution is -0.144. The summed E-state index contributed by atoms with van der Waals surface area (Å²) in [5.74, 6) is 1.78. The quantitative estimate of drug-likeness (QED) is 0.372. The van der Waals surface area contributed by atoms with E-state index in [9.17, 15) is 9.90 Å². The molecule has 7 nitrogen and oxygen atoms in total. The summed E-state index contributed by atoms with van der Waals surface area (Å²) < 4.78 is 5.53. The van der Waals surface area contributed by atoms with Crippen molar-refractivity contribution in [1.82, 2.24) is 20.9 Å². The highest BCUT2D eigenvalue weighted by Crippen LogP contribution is 2.32. The van der Waals surface area contributed by atoms with Crippen molar-refractivity contribution < 1.29 is 14.6 Å². The highest BCUT2D eigenvalue weighted by molar-refractivity contribution is 5.73. The van der Waals surface area contributed by atoms with Gasteiger partial charge in [-0.1, -0.05) is 20.3 Å². The predicted molar refractivity (Wildman–Crippen MR) is 133 cm³/mol. The maximum Gasteiger partial charge on any atom is 0.321 e. The molecule has 3 aliphatic rings. The maximum absolute atomic E-state index is 11.7. The minimum Gasteiger partial charge on any atom is -0.480 e. The Kier molecular flexibility index (Phi) is 10.9. The largest absolute Gasteiger partial charge is 0.480 e. The van der Waals surface area contributed by atoms with E-state index in [0.717, 1.165) is 50.2 Å². The van der Waals surface area contributed by atoms with E-state index >= 15 is 0 Å². The molecule has 7 heteroatoms. The molecule has 0 bridgehead atoms. The van der Waals surface area contributed by atoms with Gasteiger partial charge < -0.3 is 9.84 Å². The molecule has 3 rings (SSSR count). The number of hydrogen-bond donors (Lipinski definition) is 4. The topological polar surface area (TPSA) is 85.9 Å². The summed E-state index contributed by atoms with van der Waals surface area (Å²) in [5, 5.41) is 20.9. The van der Waals surface area contributed by atoms with Crippen molar-refractivity contribution in [3.8, 4) is 0 Å². The standard InChI is InChI=1S/C26H50N4O3/c1-5-18(2)24(25(31)32)30(3)15-14-19-6-10-22(11-7-19)29-26-27-16-21(17-28-26)20-8-12-23(33-4)13-9-20/h18-24,26-29H,5-17H2,1-4H3,(H,31,32)/t18-,19?,20?,21?,22?,23?,24+,26?/m1/s1. The second-order valence-corrected chi connectivity index (χ2v) is 11.1. The molecule has 0 amide bonds. The number of methoxy groups -OCH3 is 1. The number of nitrogens with one attached hydrogen (secondary N) is 3. The van der Waals surface area contributed by atoms with Crippen LogP contribution in [0.2, 0.25) is 0 Å². The first-order valence-electron chi connectivity index (χ1n) is 13.6. The fraction of sp³-hybridized carbons (Fsp3) is 0.962. The van der Waals surface area contributed by atoms with Crippen LogP contribution in [0.3, 0.4) is 0 Å². The van der Waals surface area contributed by atoms with Gasteiger partial charge in [-0.25, -0.2) is 0 Å². The summed E-state index contributed by atoms with van der Waals surface area (Å²) in [6, 6.07) is 0.208. The maximum atomic E-state index is 11.7. The van der Waals surface area contributed by atoms with Gasteiger partial charge in [0.25, 0.3) is 0 Å². The lowest BCUT2D eigenvalue weighted by Gasteiger charge is -2.40. The highest BCUT2D eigenvalue weighted by atomic mass is 16.5. The number of hydrogen-bond acceptors (Lipinski definition) is 6. The van der Waals surface area contributed by atoms with Gasteiger partial charge in [0, 0.05) is 26.2 Å². The lowest BCUT2D eigenvalue weighted by atomic mass is 9.78. The van der Waals surface area contributed by atoms with Gasteiger partial charge in [0.15, 0.2) is 0 Å². The number of carboxylic acids is 1. The molecule has 4 N–H and O–H groups in total. The Hall–Kier alpha value is -0.730. The van der Waals surface area contributed by atoms with Crippen LogP contribution in [0.1, 0.15) is 78.1 Å². The molecule has 0 radical (unpaired) electrons. The molecule has 1 heterocycles. The van der Waals surface area contributed by atoms with Crippen LogP contribution < -0.4 is 16.0 Å². The molecule has 0 unspecified atom stereocenters. The van der Waals surface area contributed by atoms with Crippen molar-refractivity contribution in [1.29, 1.82) is 0 Å². The number of nitrogens with zero attached hydrogens (tertiary/aromatic N) is 1. The van der Waals surface area contributed by atoms with E-state index in [1.165, 1.54) is 51.4 Å². The minimum atomic E-state index is -0.683. The van der Waals surface area contributed by atoms with Crippen LogP contribution in [0.25, 0.3) is 0 Å². The molecule has 1 saturated heterocycles. The second-order valence-electron chi connectivity index (χ2n) is 11.1. The fourth-order valence-corrected chi connectivity index (χ4v) is 6.40. The number of likely N-dealkylation sites (N-methyl/N-ethyl adjacent to an activating group) is 1. The van der Waals surface area contributed by atoms with Gasteiger partial charge in [-0.2, -0.15) is 0 Å². The summed E-state index contributed by atoms with van der Waals surface area (Å²) in [6.45, 7) is 7.22. The summed E-state index contributed by atoms with van der Waals surface area (Å²) >= 11 is 0. The highest BCUT2D eigenvalue weighted by Gasteiger charge is 2.32. The van der Waals surface area contributed by atoms with Crippen molar-refractivity contribution in [3.05, 3.63) is 0 Å². The van der Waals surface area contributed by atoms with Crippen molar-refractivity contribution in [3.63, 3.8) is 0 Å². The molecule has 2 atom stereocenters. The number of carbonyl (C=O) groups is 1. The van der Waals surface area contributed by atoms with Gasteiger partial charge in [0.05, 0.1) is 6.10 Å². The van der Waals surface area contributed by atoms with Crippen LogP contribution in [-0.2, 0) is 9.53 Å². The van der Waals surface area contributed by atoms with E-state index in [2.05, 4.69) is 27.8 Å². The third-order valence-corrected chi connectivity index (χ3v) is 8.94. The number of carboxylic acid groups (broad SMARTS) is 1. The first-order chi connectivity index (χ1) is 15.9. The molecule has 0 aromatic carbocycles. The fourth-order valence-electron chi connectivity index (χ4n) is 6.40. The van der Waals surface area contributed by atoms with Crippen molar-refractivity contribution >= 4 is 5.97 Å². The number of aliphatic carboxylic acids is 1. The van der Waals surface area contributed by atoms with Crippen LogP contribution >= 0.6 is 0 Å². The Bertz CT molecular complexity index is 568. The van der Waals surface area contributed by atoms with Crippen molar-refractivity contribution in [2.24, 2.45) is 23.7 Å². The first-order valence-corrected chi connectivity index (χ1v) is 13.6. The Morgan fingerprint density at radius 1 is 1.06 bits per heavy atom. The van der Waals surface area contributed by atoms with Gasteiger partial charge in [-0.05, 0) is 95.1 Å². The average Bonchev–Trinajstić information content (AvgIpc) is 2.84. The number of ether oxygens (including phenoxy) is 1. The third kappa shape index (κ3) is 7.89. The smallest absolute Gasteiger partial charge is 0.321 e. The molecule has 0 spiro atoms. The van der Waals surface area contributed by atoms with Gasteiger partial charge in [0.1, 0.15) is 12.3 Å². The van der Waals surface area contributed by atoms with E-state index in [-0.39, 0.29) is 18.2 Å². The van der Waals surface area contributed by atoms with E-state index in [1.54, 1.807) is 0 Å². The molecule has 0 aromatic rings. The SMILES string of the molecule is CC[C@@H](C)[C@@H](C(=O)O)N(C)CCC1CCC(NC2NCC(C3CCC(OC)CC3)CN2)CC1. The molecule has 33 heavy (non-hydrogen) atoms. The van der Waals surface area contributed by atoms with Crippen LogP contribution in [0, 0.1) is 23.7 Å². The number of rotatable bonds is 11. The molecule has 2 aliphatic carbocycles. The Balaban J connectivity index is 1.30. The zero-order chi connectivity index (χ0) is 23.8. The van der Waals surface area contributed by atoms with Crippen LogP contribution in [0.4, 0.5) is 0 Å². The summed E-state index contributed by atoms with van der Waals surface area (Å²) in [4.78, 5) is 13.8. The predicted octanol–water partition coefficient (Wildman–Crippen LogP) is 3.25. The summed E-state index contributed by atoms with van der Waals surface area (Å²) in [6.07, 6.45) is 12.7. The van der Waals surface area contributed by atoms with Gasteiger partial charge in [-0.15, -0.1) is 0 Å². The summed E-state index contributed by atoms with van der Waals surface area (Å²) in [7, 11) is 3.83. The minimum absolute atomic E-state index is 0.183. The average molecular weight is 467 g/mol. The molecule has 1 aliphatic heterocycles. The second kappa shape index (κ2) is 13.4. The van der Waals surface area contributed by atoms with Gasteiger partial charge in [0.2, 0.25) is 0 Å². The van der Waals surface area contributed by atoms with Crippen LogP contribution in [0.15, 0.2) is 0 Å². The molecule has 0 aromatic heterocycles. The first kappa shape index (κ1) is 26.9. The van der Waals surface area contributed by atoms with Crippen LogP contribution in [0.5, 0.6) is 0 Å². The molecular weight excluding hydrogens is 416 g/mol. The van der Waals surface area contributed by atoms with E-state index in [4.69, 9.17) is 4.74 Å². The molecule has 192 valence electrons. The zero-order valence-corrected chi connectivity index (χ0v) is 21.5. The van der Waals surface area contributed by atoms with E-state index in [0.29, 0.717) is 12.1 Å². The Labute approximate surface area is 201 Å². The summed E-state index contributed by atoms with van der Waals surface area (Å²) in [5.41, 5.74) is 0. The van der Waals surface area contributed by atoms with Gasteiger partial charge >= 0.3 is 5.97 Å². The Morgan fingerprint density at radius 3 is 2.24 bits per heavy atom. The van der Waals surface area contributed by atoms with Crippen LogP contribution in [-0.4, -0.2) is 74.2 Å². The monoisotopic (exact) mass is 466 g/mol. The lowest BCUT2D eigenvalue weighted by Crippen LogP contribution is -2.63. The normalized spacial score (nSPS) is 35.3. The zero-order valence-electron chi connectivity index (χ0n) is 21.5. The molecular formula is C26H50N4O3. The molecule has 2 saturated carbocycles. The van der Waals surface area contributed by atoms with E-state index in [1.807, 2.05) is 21.1 Å². The van der Waals surface area contributed by atoms with Crippen molar-refractivity contribution in [2.75, 3.05) is 33.8 Å². The van der Waals surface area contributed by atoms with Crippen molar-refractivity contribution in [2.45, 2.75) is 103 Å². The molecule has 3 fully saturated rings. The Morgan fingerprint density at radius 2 is 1.70 bits per heavy atom. The van der Waals surface area contributed by atoms with Gasteiger partial charge in [-0.3, -0.25) is 25.6 Å². The van der Waals surface area contributed by atoms with E-state index < -0.39 is 5.97 Å². The third-order valence-electron chi connectivity index (χ3n) is 8.94.